The zero-order chi connectivity index (χ0) is 29.1. The third kappa shape index (κ3) is 9.60. The highest BCUT2D eigenvalue weighted by Crippen LogP contribution is 2.16. The Balaban J connectivity index is 2.08. The van der Waals surface area contributed by atoms with Gasteiger partial charge in [-0.3, -0.25) is 29.1 Å². The number of aliphatic carboxylic acids is 1. The molecule has 1 aromatic carbocycles. The fourth-order valence-corrected chi connectivity index (χ4v) is 3.66. The van der Waals surface area contributed by atoms with Gasteiger partial charge in [0.15, 0.2) is 12.0 Å². The summed E-state index contributed by atoms with van der Waals surface area (Å²) in [7, 11) is 0. The van der Waals surface area contributed by atoms with Crippen LogP contribution in [0.2, 0.25) is 0 Å². The molecule has 1 fully saturated rings. The maximum absolute atomic E-state index is 13.0. The van der Waals surface area contributed by atoms with Gasteiger partial charge in [-0.2, -0.15) is 0 Å². The number of ether oxygens (including phenoxy) is 1. The molecule has 15 nitrogen and oxygen atoms in total. The highest BCUT2D eigenvalue weighted by molar-refractivity contribution is 6.06. The van der Waals surface area contributed by atoms with Crippen molar-refractivity contribution in [2.24, 2.45) is 16.5 Å². The van der Waals surface area contributed by atoms with E-state index in [4.69, 9.17) is 16.2 Å². The molecule has 1 aliphatic heterocycles. The standard InChI is InChI=1S/C24H33N7O8/c1-13(2)39-22(37)19(14-7-4-3-5-8-14)30-20(35)16(11-18(33)34)28-17(32)12-31-21(36)15(29-24(31)38)9-6-10-27-23(25)26/h3-5,7-8,13,15-16,19H,6,9-12H2,1-2H3,(H,28,32)(H,29,38)(H,30,35)(H,33,34)(H4,25,26,27)/t15-,16-,19+/m0/s1. The van der Waals surface area contributed by atoms with Crippen LogP contribution in [0, 0.1) is 0 Å². The van der Waals surface area contributed by atoms with E-state index in [0.717, 1.165) is 0 Å². The number of imide groups is 1. The molecule has 0 unspecified atom stereocenters. The van der Waals surface area contributed by atoms with Gasteiger partial charge in [0, 0.05) is 6.54 Å². The van der Waals surface area contributed by atoms with Gasteiger partial charge in [-0.05, 0) is 32.3 Å². The molecule has 0 aromatic heterocycles. The van der Waals surface area contributed by atoms with Crippen LogP contribution in [-0.2, 0) is 28.7 Å². The Morgan fingerprint density at radius 3 is 2.38 bits per heavy atom. The summed E-state index contributed by atoms with van der Waals surface area (Å²) in [5, 5.41) is 16.4. The molecule has 39 heavy (non-hydrogen) atoms. The lowest BCUT2D eigenvalue weighted by Crippen LogP contribution is -2.52. The predicted octanol–water partition coefficient (Wildman–Crippen LogP) is -1.27. The summed E-state index contributed by atoms with van der Waals surface area (Å²) in [4.78, 5) is 79.1. The monoisotopic (exact) mass is 547 g/mol. The lowest BCUT2D eigenvalue weighted by Gasteiger charge is -2.23. The fraction of sp³-hybridized carbons (Fsp3) is 0.458. The van der Waals surface area contributed by atoms with Crippen LogP contribution < -0.4 is 27.4 Å². The Bertz CT molecular complexity index is 1100. The first kappa shape index (κ1) is 30.5. The number of esters is 1. The average molecular weight is 548 g/mol. The number of aliphatic imine (C=N–C) groups is 1. The fourth-order valence-electron chi connectivity index (χ4n) is 3.66. The van der Waals surface area contributed by atoms with Crippen LogP contribution in [0.3, 0.4) is 0 Å². The molecular weight excluding hydrogens is 514 g/mol. The molecule has 0 radical (unpaired) electrons. The van der Waals surface area contributed by atoms with E-state index in [0.29, 0.717) is 16.9 Å². The molecule has 1 aromatic rings. The van der Waals surface area contributed by atoms with E-state index in [1.807, 2.05) is 0 Å². The molecule has 8 N–H and O–H groups in total. The van der Waals surface area contributed by atoms with E-state index in [1.54, 1.807) is 44.2 Å². The van der Waals surface area contributed by atoms with Gasteiger partial charge in [0.2, 0.25) is 11.8 Å². The van der Waals surface area contributed by atoms with Gasteiger partial charge in [-0.1, -0.05) is 30.3 Å². The van der Waals surface area contributed by atoms with Crippen LogP contribution in [0.4, 0.5) is 4.79 Å². The van der Waals surface area contributed by atoms with E-state index in [9.17, 15) is 33.9 Å². The van der Waals surface area contributed by atoms with Crippen molar-refractivity contribution in [1.29, 1.82) is 0 Å². The minimum absolute atomic E-state index is 0.109. The molecule has 1 aliphatic rings. The summed E-state index contributed by atoms with van der Waals surface area (Å²) in [5.41, 5.74) is 10.9. The number of carboxylic acids is 1. The third-order valence-corrected chi connectivity index (χ3v) is 5.39. The average Bonchev–Trinajstić information content (AvgIpc) is 3.11. The van der Waals surface area contributed by atoms with Crippen molar-refractivity contribution in [3.8, 4) is 0 Å². The smallest absolute Gasteiger partial charge is 0.333 e. The Morgan fingerprint density at radius 2 is 1.79 bits per heavy atom. The summed E-state index contributed by atoms with van der Waals surface area (Å²) in [6.45, 7) is 2.73. The second kappa shape index (κ2) is 14.3. The number of benzene rings is 1. The molecule has 0 bridgehead atoms. The molecule has 1 saturated heterocycles. The molecule has 0 spiro atoms. The van der Waals surface area contributed by atoms with Crippen molar-refractivity contribution in [3.63, 3.8) is 0 Å². The lowest BCUT2D eigenvalue weighted by molar-refractivity contribution is -0.152. The molecule has 5 amide bonds. The summed E-state index contributed by atoms with van der Waals surface area (Å²) in [6, 6.07) is 3.51. The van der Waals surface area contributed by atoms with Gasteiger partial charge >= 0.3 is 18.0 Å². The number of hydrogen-bond donors (Lipinski definition) is 6. The third-order valence-electron chi connectivity index (χ3n) is 5.39. The summed E-state index contributed by atoms with van der Waals surface area (Å²) >= 11 is 0. The molecular formula is C24H33N7O8. The Hall–Kier alpha value is -4.69. The maximum Gasteiger partial charge on any atom is 0.333 e. The minimum atomic E-state index is -1.62. The number of nitrogens with zero attached hydrogens (tertiary/aromatic N) is 2. The van der Waals surface area contributed by atoms with Gasteiger partial charge in [0.25, 0.3) is 5.91 Å². The van der Waals surface area contributed by atoms with Crippen LogP contribution in [-0.4, -0.2) is 82.9 Å². The quantitative estimate of drug-likeness (QED) is 0.0531. The van der Waals surface area contributed by atoms with E-state index < -0.39 is 72.9 Å². The highest BCUT2D eigenvalue weighted by Gasteiger charge is 2.39. The number of carbonyl (C=O) groups is 6. The van der Waals surface area contributed by atoms with E-state index in [1.165, 1.54) is 0 Å². The van der Waals surface area contributed by atoms with Gasteiger partial charge in [0.1, 0.15) is 18.6 Å². The summed E-state index contributed by atoms with van der Waals surface area (Å²) in [5.74, 6) is -4.90. The zero-order valence-electron chi connectivity index (χ0n) is 21.6. The predicted molar refractivity (Wildman–Crippen MR) is 137 cm³/mol. The second-order valence-corrected chi connectivity index (χ2v) is 8.93. The Labute approximate surface area is 224 Å². The number of nitrogens with two attached hydrogens (primary N) is 2. The maximum atomic E-state index is 13.0. The van der Waals surface area contributed by atoms with Crippen molar-refractivity contribution >= 4 is 41.7 Å². The number of amides is 5. The van der Waals surface area contributed by atoms with Crippen LogP contribution in [0.15, 0.2) is 35.3 Å². The normalized spacial score (nSPS) is 16.2. The molecule has 0 saturated carbocycles. The topological polar surface area (TPSA) is 236 Å². The van der Waals surface area contributed by atoms with E-state index in [-0.39, 0.29) is 18.9 Å². The first-order valence-corrected chi connectivity index (χ1v) is 12.1. The number of urea groups is 1. The van der Waals surface area contributed by atoms with Gasteiger partial charge in [-0.15, -0.1) is 0 Å². The van der Waals surface area contributed by atoms with Crippen LogP contribution in [0.5, 0.6) is 0 Å². The van der Waals surface area contributed by atoms with E-state index in [2.05, 4.69) is 20.9 Å². The number of carbonyl (C=O) groups excluding carboxylic acids is 5. The molecule has 15 heteroatoms. The Kier molecular flexibility index (Phi) is 11.2. The second-order valence-electron chi connectivity index (χ2n) is 8.93. The number of hydrogen-bond acceptors (Lipinski definition) is 8. The van der Waals surface area contributed by atoms with Gasteiger partial charge in [-0.25, -0.2) is 9.59 Å². The molecule has 1 heterocycles. The molecule has 0 aliphatic carbocycles. The Morgan fingerprint density at radius 1 is 1.13 bits per heavy atom. The number of guanidine groups is 1. The lowest BCUT2D eigenvalue weighted by atomic mass is 10.1. The van der Waals surface area contributed by atoms with Crippen molar-refractivity contribution < 1.29 is 38.6 Å². The first-order chi connectivity index (χ1) is 18.4. The van der Waals surface area contributed by atoms with Crippen LogP contribution >= 0.6 is 0 Å². The van der Waals surface area contributed by atoms with Crippen molar-refractivity contribution in [2.75, 3.05) is 13.1 Å². The SMILES string of the molecule is CC(C)OC(=O)[C@H](NC(=O)[C@H](CC(=O)O)NC(=O)CN1C(=O)N[C@@H](CCCN=C(N)N)C1=O)c1ccccc1. The number of rotatable bonds is 14. The van der Waals surface area contributed by atoms with Crippen molar-refractivity contribution in [1.82, 2.24) is 20.9 Å². The summed E-state index contributed by atoms with van der Waals surface area (Å²) in [6.07, 6.45) is -0.713. The largest absolute Gasteiger partial charge is 0.481 e. The van der Waals surface area contributed by atoms with Crippen molar-refractivity contribution in [3.05, 3.63) is 35.9 Å². The highest BCUT2D eigenvalue weighted by atomic mass is 16.5. The molecule has 3 atom stereocenters. The molecule has 212 valence electrons. The number of carboxylic acid groups (broad SMARTS) is 1. The van der Waals surface area contributed by atoms with Gasteiger partial charge in [0.05, 0.1) is 12.5 Å². The van der Waals surface area contributed by atoms with Crippen LogP contribution in [0.1, 0.15) is 44.7 Å². The zero-order valence-corrected chi connectivity index (χ0v) is 21.6. The summed E-state index contributed by atoms with van der Waals surface area (Å²) < 4.78 is 5.21. The van der Waals surface area contributed by atoms with Gasteiger partial charge < -0.3 is 37.3 Å². The van der Waals surface area contributed by atoms with Crippen molar-refractivity contribution in [2.45, 2.75) is 57.3 Å². The number of nitrogens with one attached hydrogen (secondary N) is 3. The first-order valence-electron chi connectivity index (χ1n) is 12.1. The van der Waals surface area contributed by atoms with E-state index >= 15 is 0 Å². The van der Waals surface area contributed by atoms with Crippen LogP contribution in [0.25, 0.3) is 0 Å². The minimum Gasteiger partial charge on any atom is -0.481 e. The molecule has 2 rings (SSSR count).